The summed E-state index contributed by atoms with van der Waals surface area (Å²) in [4.78, 5) is 11.7. The lowest BCUT2D eigenvalue weighted by Gasteiger charge is -2.15. The van der Waals surface area contributed by atoms with Crippen LogP contribution in [0, 0.1) is 6.92 Å². The Morgan fingerprint density at radius 3 is 2.09 bits per heavy atom. The smallest absolute Gasteiger partial charge is 0.282 e. The van der Waals surface area contributed by atoms with Gasteiger partial charge in [-0.1, -0.05) is 34.8 Å². The predicted molar refractivity (Wildman–Crippen MR) is 121 cm³/mol. The van der Waals surface area contributed by atoms with E-state index in [4.69, 9.17) is 34.8 Å². The molecule has 3 rings (SSSR count). The Labute approximate surface area is 203 Å². The Bertz CT molecular complexity index is 1460. The number of hydrazone groups is 1. The lowest BCUT2D eigenvalue weighted by Crippen LogP contribution is -2.30. The van der Waals surface area contributed by atoms with Gasteiger partial charge in [-0.25, -0.2) is 0 Å². The van der Waals surface area contributed by atoms with Crippen LogP contribution in [-0.4, -0.2) is 43.6 Å². The molecule has 1 amide bonds. The van der Waals surface area contributed by atoms with Gasteiger partial charge in [0.05, 0.1) is 21.4 Å². The maximum atomic E-state index is 12.9. The minimum Gasteiger partial charge on any atom is -0.282 e. The Kier molecular flexibility index (Phi) is 6.88. The highest BCUT2D eigenvalue weighted by atomic mass is 35.5. The summed E-state index contributed by atoms with van der Waals surface area (Å²) in [6.45, 7) is 2.96. The number of amides is 1. The number of halogens is 3. The number of hydrogen-bond donors (Lipinski definition) is 2. The fourth-order valence-electron chi connectivity index (χ4n) is 2.79. The van der Waals surface area contributed by atoms with Gasteiger partial charge in [0.1, 0.15) is 15.5 Å². The molecule has 0 radical (unpaired) electrons. The summed E-state index contributed by atoms with van der Waals surface area (Å²) >= 11 is 18.0. The van der Waals surface area contributed by atoms with Gasteiger partial charge in [-0.15, -0.1) is 0 Å². The third kappa shape index (κ3) is 5.19. The van der Waals surface area contributed by atoms with Gasteiger partial charge in [0.15, 0.2) is 6.04 Å². The Morgan fingerprint density at radius 1 is 0.909 bits per heavy atom. The molecule has 0 spiro atoms. The maximum Gasteiger partial charge on any atom is 0.296 e. The van der Waals surface area contributed by atoms with Crippen LogP contribution in [0.2, 0.25) is 15.1 Å². The van der Waals surface area contributed by atoms with Crippen molar-refractivity contribution in [3.8, 4) is 0 Å². The molecule has 33 heavy (non-hydrogen) atoms. The highest BCUT2D eigenvalue weighted by Gasteiger charge is 2.36. The fraction of sp³-hybridized carbons (Fsp3) is 0.176. The van der Waals surface area contributed by atoms with E-state index in [-0.39, 0.29) is 27.1 Å². The summed E-state index contributed by atoms with van der Waals surface area (Å²) in [5.74, 6) is -0.763. The van der Waals surface area contributed by atoms with Crippen LogP contribution >= 0.6 is 34.8 Å². The molecule has 0 fully saturated rings. The first-order valence-electron chi connectivity index (χ1n) is 8.65. The molecular weight excluding hydrogens is 543 g/mol. The highest BCUT2D eigenvalue weighted by Crippen LogP contribution is 2.37. The van der Waals surface area contributed by atoms with Gasteiger partial charge < -0.3 is 0 Å². The van der Waals surface area contributed by atoms with Gasteiger partial charge in [0, 0.05) is 5.02 Å². The second-order valence-corrected chi connectivity index (χ2v) is 10.8. The number of aryl methyl sites for hydroxylation is 1. The van der Waals surface area contributed by atoms with Crippen molar-refractivity contribution in [2.45, 2.75) is 29.7 Å². The summed E-state index contributed by atoms with van der Waals surface area (Å²) in [7, 11) is -9.33. The van der Waals surface area contributed by atoms with Crippen LogP contribution in [0.25, 0.3) is 0 Å². The molecule has 0 saturated carbocycles. The number of carbonyl (C=O) groups is 1. The lowest BCUT2D eigenvalue weighted by atomic mass is 10.2. The van der Waals surface area contributed by atoms with Crippen LogP contribution < -0.4 is 5.01 Å². The molecule has 16 heteroatoms. The molecular formula is C17H13Cl3N4O7S2. The normalized spacial score (nSPS) is 17.2. The first-order valence-corrected chi connectivity index (χ1v) is 12.7. The van der Waals surface area contributed by atoms with Crippen LogP contribution in [0.4, 0.5) is 11.4 Å². The van der Waals surface area contributed by atoms with E-state index in [1.807, 2.05) is 0 Å². The van der Waals surface area contributed by atoms with E-state index >= 15 is 0 Å². The molecule has 1 atom stereocenters. The molecule has 2 aromatic carbocycles. The first-order chi connectivity index (χ1) is 15.1. The van der Waals surface area contributed by atoms with Gasteiger partial charge in [-0.05, 0) is 43.7 Å². The van der Waals surface area contributed by atoms with Gasteiger partial charge in [0.25, 0.3) is 26.1 Å². The molecule has 0 bridgehead atoms. The average molecular weight is 556 g/mol. The number of carbonyl (C=O) groups excluding carboxylic acids is 1. The molecule has 0 saturated heterocycles. The van der Waals surface area contributed by atoms with E-state index in [1.165, 1.54) is 13.8 Å². The van der Waals surface area contributed by atoms with E-state index in [1.54, 1.807) is 0 Å². The van der Waals surface area contributed by atoms with E-state index < -0.39 is 47.0 Å². The standard InChI is InChI=1S/C17H13Cl3N4O7S2/c1-7-3-15(33(29,30)31)12(4-9(7)18)21-22-16-8(2)23-24(17(16)25)13-5-11(20)14(6-10(13)19)32(26,27)28/h3-6,16H,1-2H3,(H,26,27,28)(H,29,30,31). The number of rotatable bonds is 5. The molecule has 0 aliphatic carbocycles. The zero-order valence-electron chi connectivity index (χ0n) is 16.6. The van der Waals surface area contributed by atoms with Gasteiger partial charge in [-0.2, -0.15) is 37.2 Å². The minimum absolute atomic E-state index is 0.0897. The molecule has 0 aromatic heterocycles. The monoisotopic (exact) mass is 554 g/mol. The largest absolute Gasteiger partial charge is 0.296 e. The van der Waals surface area contributed by atoms with Crippen molar-refractivity contribution in [2.24, 2.45) is 15.3 Å². The summed E-state index contributed by atoms with van der Waals surface area (Å²) in [6, 6.07) is 2.85. The summed E-state index contributed by atoms with van der Waals surface area (Å²) < 4.78 is 64.7. The van der Waals surface area contributed by atoms with Crippen LogP contribution in [0.1, 0.15) is 12.5 Å². The fourth-order valence-corrected chi connectivity index (χ4v) is 4.97. The van der Waals surface area contributed by atoms with Crippen molar-refractivity contribution < 1.29 is 30.7 Å². The lowest BCUT2D eigenvalue weighted by molar-refractivity contribution is -0.117. The molecule has 1 aliphatic heterocycles. The molecule has 1 unspecified atom stereocenters. The van der Waals surface area contributed by atoms with E-state index in [9.17, 15) is 30.7 Å². The van der Waals surface area contributed by atoms with Crippen molar-refractivity contribution in [1.29, 1.82) is 0 Å². The predicted octanol–water partition coefficient (Wildman–Crippen LogP) is 4.32. The van der Waals surface area contributed by atoms with E-state index in [0.29, 0.717) is 5.56 Å². The Hall–Kier alpha value is -2.13. The molecule has 11 nitrogen and oxygen atoms in total. The molecule has 2 N–H and O–H groups in total. The first kappa shape index (κ1) is 25.5. The van der Waals surface area contributed by atoms with E-state index in [2.05, 4.69) is 15.3 Å². The number of benzene rings is 2. The number of nitrogens with zero attached hydrogens (tertiary/aromatic N) is 4. The highest BCUT2D eigenvalue weighted by molar-refractivity contribution is 7.86. The maximum absolute atomic E-state index is 12.9. The summed E-state index contributed by atoms with van der Waals surface area (Å²) in [6.07, 6.45) is 0. The third-order valence-electron chi connectivity index (χ3n) is 4.40. The molecule has 1 aliphatic rings. The quantitative estimate of drug-likeness (QED) is 0.409. The summed E-state index contributed by atoms with van der Waals surface area (Å²) in [5, 5.41) is 11.9. The minimum atomic E-state index is -4.67. The third-order valence-corrected chi connectivity index (χ3v) is 7.31. The van der Waals surface area contributed by atoms with E-state index in [0.717, 1.165) is 29.3 Å². The zero-order chi connectivity index (χ0) is 24.9. The van der Waals surface area contributed by atoms with Crippen LogP contribution in [0.5, 0.6) is 0 Å². The zero-order valence-corrected chi connectivity index (χ0v) is 20.5. The van der Waals surface area contributed by atoms with Gasteiger partial charge in [-0.3, -0.25) is 13.9 Å². The van der Waals surface area contributed by atoms with Crippen molar-refractivity contribution in [3.63, 3.8) is 0 Å². The number of azo groups is 1. The molecule has 176 valence electrons. The van der Waals surface area contributed by atoms with Crippen LogP contribution in [-0.2, 0) is 25.0 Å². The van der Waals surface area contributed by atoms with Crippen molar-refractivity contribution >= 4 is 78.0 Å². The second kappa shape index (κ2) is 8.91. The Balaban J connectivity index is 1.99. The van der Waals surface area contributed by atoms with Crippen molar-refractivity contribution in [1.82, 2.24) is 0 Å². The second-order valence-electron chi connectivity index (χ2n) is 6.76. The average Bonchev–Trinajstić information content (AvgIpc) is 2.95. The number of anilines is 1. The summed E-state index contributed by atoms with van der Waals surface area (Å²) in [5.41, 5.74) is 0.115. The van der Waals surface area contributed by atoms with Crippen LogP contribution in [0.3, 0.4) is 0 Å². The topological polar surface area (TPSA) is 166 Å². The van der Waals surface area contributed by atoms with Gasteiger partial charge in [0.2, 0.25) is 0 Å². The Morgan fingerprint density at radius 2 is 1.52 bits per heavy atom. The van der Waals surface area contributed by atoms with Gasteiger partial charge >= 0.3 is 0 Å². The van der Waals surface area contributed by atoms with Crippen molar-refractivity contribution in [2.75, 3.05) is 5.01 Å². The number of hydrogen-bond acceptors (Lipinski definition) is 8. The van der Waals surface area contributed by atoms with Crippen molar-refractivity contribution in [3.05, 3.63) is 44.9 Å². The molecule has 2 aromatic rings. The van der Waals surface area contributed by atoms with Crippen LogP contribution in [0.15, 0.2) is 49.4 Å². The molecule has 1 heterocycles. The SMILES string of the molecule is CC1=NN(c2cc(Cl)c(S(=O)(=O)O)cc2Cl)C(=O)C1N=Nc1cc(Cl)c(C)cc1S(=O)(=O)O.